The SMILES string of the molecule is O=C(Cc1ccc(Cl)cc1)Nc1ccc(Cl)c(C(F)(F)F)c1. The van der Waals surface area contributed by atoms with Crippen molar-refractivity contribution in [3.8, 4) is 0 Å². The van der Waals surface area contributed by atoms with Crippen LogP contribution in [0.4, 0.5) is 18.9 Å². The van der Waals surface area contributed by atoms with Crippen molar-refractivity contribution in [2.24, 2.45) is 0 Å². The zero-order chi connectivity index (χ0) is 16.3. The van der Waals surface area contributed by atoms with Crippen LogP contribution in [-0.4, -0.2) is 5.91 Å². The van der Waals surface area contributed by atoms with Gasteiger partial charge >= 0.3 is 6.18 Å². The van der Waals surface area contributed by atoms with Crippen molar-refractivity contribution in [3.63, 3.8) is 0 Å². The van der Waals surface area contributed by atoms with Crippen LogP contribution < -0.4 is 5.32 Å². The van der Waals surface area contributed by atoms with E-state index in [2.05, 4.69) is 5.32 Å². The van der Waals surface area contributed by atoms with Gasteiger partial charge in [-0.05, 0) is 35.9 Å². The number of nitrogens with one attached hydrogen (secondary N) is 1. The van der Waals surface area contributed by atoms with Crippen LogP contribution in [0.15, 0.2) is 42.5 Å². The third kappa shape index (κ3) is 4.39. The molecule has 2 aromatic rings. The fourth-order valence-corrected chi connectivity index (χ4v) is 2.16. The molecule has 0 radical (unpaired) electrons. The number of rotatable bonds is 3. The molecule has 0 aliphatic rings. The maximum atomic E-state index is 12.7. The second-order valence-electron chi connectivity index (χ2n) is 4.54. The topological polar surface area (TPSA) is 29.1 Å². The molecular formula is C15H10Cl2F3NO. The maximum Gasteiger partial charge on any atom is 0.417 e. The molecule has 2 rings (SSSR count). The molecule has 0 unspecified atom stereocenters. The van der Waals surface area contributed by atoms with E-state index < -0.39 is 22.7 Å². The molecule has 0 heterocycles. The number of anilines is 1. The first-order valence-corrected chi connectivity index (χ1v) is 6.92. The molecule has 0 bridgehead atoms. The Morgan fingerprint density at radius 3 is 2.27 bits per heavy atom. The number of hydrogen-bond donors (Lipinski definition) is 1. The summed E-state index contributed by atoms with van der Waals surface area (Å²) in [4.78, 5) is 11.9. The highest BCUT2D eigenvalue weighted by atomic mass is 35.5. The molecule has 2 nitrogen and oxygen atoms in total. The van der Waals surface area contributed by atoms with E-state index in [9.17, 15) is 18.0 Å². The lowest BCUT2D eigenvalue weighted by Gasteiger charge is -2.11. The van der Waals surface area contributed by atoms with Gasteiger partial charge in [0.15, 0.2) is 0 Å². The highest BCUT2D eigenvalue weighted by Gasteiger charge is 2.33. The van der Waals surface area contributed by atoms with Crippen LogP contribution >= 0.6 is 23.2 Å². The van der Waals surface area contributed by atoms with Crippen molar-refractivity contribution in [3.05, 3.63) is 63.6 Å². The standard InChI is InChI=1S/C15H10Cl2F3NO/c16-10-3-1-9(2-4-10)7-14(22)21-11-5-6-13(17)12(8-11)15(18,19)20/h1-6,8H,7H2,(H,21,22). The van der Waals surface area contributed by atoms with Gasteiger partial charge in [0.25, 0.3) is 0 Å². The summed E-state index contributed by atoms with van der Waals surface area (Å²) < 4.78 is 38.2. The highest BCUT2D eigenvalue weighted by molar-refractivity contribution is 6.31. The van der Waals surface area contributed by atoms with E-state index in [-0.39, 0.29) is 12.1 Å². The van der Waals surface area contributed by atoms with Crippen LogP contribution in [0.5, 0.6) is 0 Å². The first-order chi connectivity index (χ1) is 10.3. The summed E-state index contributed by atoms with van der Waals surface area (Å²) >= 11 is 11.3. The molecule has 1 amide bonds. The average Bonchev–Trinajstić information content (AvgIpc) is 2.42. The highest BCUT2D eigenvalue weighted by Crippen LogP contribution is 2.36. The van der Waals surface area contributed by atoms with Crippen molar-refractivity contribution < 1.29 is 18.0 Å². The number of amides is 1. The fourth-order valence-electron chi connectivity index (χ4n) is 1.81. The first-order valence-electron chi connectivity index (χ1n) is 6.17. The molecule has 2 aromatic carbocycles. The lowest BCUT2D eigenvalue weighted by Crippen LogP contribution is -2.15. The van der Waals surface area contributed by atoms with E-state index in [4.69, 9.17) is 23.2 Å². The van der Waals surface area contributed by atoms with Crippen molar-refractivity contribution in [2.45, 2.75) is 12.6 Å². The lowest BCUT2D eigenvalue weighted by atomic mass is 10.1. The molecule has 22 heavy (non-hydrogen) atoms. The lowest BCUT2D eigenvalue weighted by molar-refractivity contribution is -0.137. The molecule has 0 fully saturated rings. The first kappa shape index (κ1) is 16.6. The van der Waals surface area contributed by atoms with Gasteiger partial charge in [0.05, 0.1) is 17.0 Å². The summed E-state index contributed by atoms with van der Waals surface area (Å²) in [6, 6.07) is 9.83. The van der Waals surface area contributed by atoms with Gasteiger partial charge in [-0.3, -0.25) is 4.79 Å². The van der Waals surface area contributed by atoms with Gasteiger partial charge in [0, 0.05) is 10.7 Å². The van der Waals surface area contributed by atoms with Gasteiger partial charge in [-0.2, -0.15) is 13.2 Å². The molecule has 0 saturated carbocycles. The zero-order valence-electron chi connectivity index (χ0n) is 11.0. The fraction of sp³-hybridized carbons (Fsp3) is 0.133. The molecule has 0 atom stereocenters. The molecule has 0 aromatic heterocycles. The number of alkyl halides is 3. The summed E-state index contributed by atoms with van der Waals surface area (Å²) in [5.41, 5.74) is -0.249. The number of hydrogen-bond acceptors (Lipinski definition) is 1. The predicted molar refractivity (Wildman–Crippen MR) is 80.2 cm³/mol. The van der Waals surface area contributed by atoms with Crippen molar-refractivity contribution in [2.75, 3.05) is 5.32 Å². The van der Waals surface area contributed by atoms with E-state index in [1.54, 1.807) is 24.3 Å². The molecule has 116 valence electrons. The molecule has 0 aliphatic carbocycles. The van der Waals surface area contributed by atoms with E-state index in [0.717, 1.165) is 12.1 Å². The number of halogens is 5. The zero-order valence-corrected chi connectivity index (χ0v) is 12.6. The predicted octanol–water partition coefficient (Wildman–Crippen LogP) is 5.19. The Bertz CT molecular complexity index is 684. The smallest absolute Gasteiger partial charge is 0.326 e. The Hall–Kier alpha value is -1.72. The average molecular weight is 348 g/mol. The summed E-state index contributed by atoms with van der Waals surface area (Å²) in [5.74, 6) is -0.433. The minimum absolute atomic E-state index is 0.0289. The van der Waals surface area contributed by atoms with Crippen LogP contribution in [0.1, 0.15) is 11.1 Å². The van der Waals surface area contributed by atoms with Gasteiger partial charge in [-0.15, -0.1) is 0 Å². The third-order valence-electron chi connectivity index (χ3n) is 2.83. The minimum Gasteiger partial charge on any atom is -0.326 e. The van der Waals surface area contributed by atoms with Gasteiger partial charge < -0.3 is 5.32 Å². The van der Waals surface area contributed by atoms with E-state index in [1.165, 1.54) is 6.07 Å². The Morgan fingerprint density at radius 1 is 1.05 bits per heavy atom. The number of carbonyl (C=O) groups excluding carboxylic acids is 1. The Labute approximate surface area is 134 Å². The van der Waals surface area contributed by atoms with Gasteiger partial charge in [-0.1, -0.05) is 35.3 Å². The Balaban J connectivity index is 2.10. The molecule has 1 N–H and O–H groups in total. The van der Waals surface area contributed by atoms with Gasteiger partial charge in [0.1, 0.15) is 0 Å². The van der Waals surface area contributed by atoms with Crippen molar-refractivity contribution in [1.29, 1.82) is 0 Å². The summed E-state index contributed by atoms with van der Waals surface area (Å²) in [5, 5.41) is 2.54. The molecular weight excluding hydrogens is 338 g/mol. The number of benzene rings is 2. The van der Waals surface area contributed by atoms with Crippen LogP contribution in [0.2, 0.25) is 10.0 Å². The van der Waals surface area contributed by atoms with E-state index in [1.807, 2.05) is 0 Å². The van der Waals surface area contributed by atoms with Crippen molar-refractivity contribution in [1.82, 2.24) is 0 Å². The Morgan fingerprint density at radius 2 is 1.68 bits per heavy atom. The molecule has 0 saturated heterocycles. The molecule has 0 aliphatic heterocycles. The second-order valence-corrected chi connectivity index (χ2v) is 5.39. The summed E-state index contributed by atoms with van der Waals surface area (Å²) in [7, 11) is 0. The van der Waals surface area contributed by atoms with Crippen molar-refractivity contribution >= 4 is 34.8 Å². The molecule has 0 spiro atoms. The van der Waals surface area contributed by atoms with Gasteiger partial charge in [-0.25, -0.2) is 0 Å². The van der Waals surface area contributed by atoms with E-state index in [0.29, 0.717) is 10.6 Å². The number of carbonyl (C=O) groups is 1. The van der Waals surface area contributed by atoms with Crippen LogP contribution in [0.25, 0.3) is 0 Å². The molecule has 7 heteroatoms. The third-order valence-corrected chi connectivity index (χ3v) is 3.42. The minimum atomic E-state index is -4.58. The monoisotopic (exact) mass is 347 g/mol. The summed E-state index contributed by atoms with van der Waals surface area (Å²) in [6.45, 7) is 0. The largest absolute Gasteiger partial charge is 0.417 e. The van der Waals surface area contributed by atoms with Crippen LogP contribution in [-0.2, 0) is 17.4 Å². The van der Waals surface area contributed by atoms with Crippen LogP contribution in [0, 0.1) is 0 Å². The normalized spacial score (nSPS) is 11.3. The van der Waals surface area contributed by atoms with E-state index >= 15 is 0 Å². The second kappa shape index (κ2) is 6.58. The Kier molecular flexibility index (Phi) is 4.98. The summed E-state index contributed by atoms with van der Waals surface area (Å²) in [6.07, 6.45) is -4.55. The van der Waals surface area contributed by atoms with Gasteiger partial charge in [0.2, 0.25) is 5.91 Å². The quantitative estimate of drug-likeness (QED) is 0.812. The van der Waals surface area contributed by atoms with Crippen LogP contribution in [0.3, 0.4) is 0 Å². The maximum absolute atomic E-state index is 12.7.